The maximum Gasteiger partial charge on any atom is 0.327 e. The summed E-state index contributed by atoms with van der Waals surface area (Å²) in [4.78, 5) is 14.1. The van der Waals surface area contributed by atoms with Crippen molar-refractivity contribution in [2.24, 2.45) is 0 Å². The van der Waals surface area contributed by atoms with Gasteiger partial charge in [0.2, 0.25) is 0 Å². The van der Waals surface area contributed by atoms with Gasteiger partial charge in [-0.1, -0.05) is 26.7 Å². The number of rotatable bonds is 10. The summed E-state index contributed by atoms with van der Waals surface area (Å²) in [6.45, 7) is 7.02. The van der Waals surface area contributed by atoms with E-state index in [1.807, 2.05) is 13.8 Å². The number of nitrogens with one attached hydrogen (secondary N) is 1. The molecule has 0 rings (SSSR count). The Labute approximate surface area is 109 Å². The van der Waals surface area contributed by atoms with E-state index in [9.17, 15) is 4.79 Å². The van der Waals surface area contributed by atoms with Gasteiger partial charge in [-0.15, -0.1) is 0 Å². The summed E-state index contributed by atoms with van der Waals surface area (Å²) in [5.74, 6) is -0.350. The molecule has 17 heavy (non-hydrogen) atoms. The van der Waals surface area contributed by atoms with Gasteiger partial charge >= 0.3 is 5.97 Å². The zero-order chi connectivity index (χ0) is 13.1. The van der Waals surface area contributed by atoms with Crippen LogP contribution < -0.4 is 4.84 Å². The van der Waals surface area contributed by atoms with Crippen LogP contribution in [0, 0.1) is 0 Å². The van der Waals surface area contributed by atoms with Gasteiger partial charge in [-0.05, 0) is 31.5 Å². The van der Waals surface area contributed by atoms with Crippen LogP contribution in [0.25, 0.3) is 0 Å². The lowest BCUT2D eigenvalue weighted by atomic mass is 10.2. The second-order valence-electron chi connectivity index (χ2n) is 4.04. The number of ether oxygens (including phenoxy) is 2. The molecule has 0 fully saturated rings. The number of esters is 1. The molecule has 0 amide bonds. The van der Waals surface area contributed by atoms with Crippen molar-refractivity contribution in [1.82, 2.24) is 4.84 Å². The van der Waals surface area contributed by atoms with E-state index < -0.39 is 6.04 Å². The van der Waals surface area contributed by atoms with Gasteiger partial charge in [-0.2, -0.15) is 0 Å². The van der Waals surface area contributed by atoms with Crippen LogP contribution in [0.4, 0.5) is 0 Å². The highest BCUT2D eigenvalue weighted by Crippen LogP contribution is 2.05. The van der Waals surface area contributed by atoms with Crippen molar-refractivity contribution in [1.29, 1.82) is 0 Å². The van der Waals surface area contributed by atoms with Crippen LogP contribution in [0.5, 0.6) is 0 Å². The molecule has 0 unspecified atom stereocenters. The van der Waals surface area contributed by atoms with Crippen molar-refractivity contribution >= 4 is 17.7 Å². The van der Waals surface area contributed by atoms with Gasteiger partial charge in [0.25, 0.3) is 0 Å². The zero-order valence-corrected chi connectivity index (χ0v) is 11.8. The van der Waals surface area contributed by atoms with Gasteiger partial charge in [-0.25, -0.2) is 4.84 Å². The quantitative estimate of drug-likeness (QED) is 0.375. The molecule has 2 atom stereocenters. The van der Waals surface area contributed by atoms with E-state index >= 15 is 0 Å². The Balaban J connectivity index is 3.96. The van der Waals surface area contributed by atoms with E-state index in [0.29, 0.717) is 13.2 Å². The maximum atomic E-state index is 11.7. The smallest absolute Gasteiger partial charge is 0.327 e. The number of unbranched alkanes of at least 4 members (excludes halogenated alkanes) is 2. The lowest BCUT2D eigenvalue weighted by molar-refractivity contribution is -0.149. The highest BCUT2D eigenvalue weighted by atomic mass is 35.5. The Bertz CT molecular complexity index is 202. The Kier molecular flexibility index (Phi) is 10.6. The highest BCUT2D eigenvalue weighted by molar-refractivity contribution is 6.14. The molecule has 0 bridgehead atoms. The summed E-state index contributed by atoms with van der Waals surface area (Å²) >= 11 is 5.55. The zero-order valence-electron chi connectivity index (χ0n) is 11.0. The van der Waals surface area contributed by atoms with Gasteiger partial charge in [-0.3, -0.25) is 4.79 Å². The van der Waals surface area contributed by atoms with E-state index in [2.05, 4.69) is 11.8 Å². The van der Waals surface area contributed by atoms with Crippen molar-refractivity contribution in [3.8, 4) is 0 Å². The van der Waals surface area contributed by atoms with Gasteiger partial charge in [0.1, 0.15) is 6.04 Å². The number of carbonyl (C=O) groups excluding carboxylic acids is 1. The molecule has 0 heterocycles. The number of hydrogen-bond donors (Lipinski definition) is 1. The number of hydrogen-bond acceptors (Lipinski definition) is 4. The lowest BCUT2D eigenvalue weighted by Crippen LogP contribution is -2.43. The summed E-state index contributed by atoms with van der Waals surface area (Å²) in [6.07, 6.45) is 3.62. The molecule has 0 aliphatic rings. The van der Waals surface area contributed by atoms with Gasteiger partial charge < -0.3 is 9.47 Å². The third kappa shape index (κ3) is 7.58. The van der Waals surface area contributed by atoms with Crippen LogP contribution in [0.3, 0.4) is 0 Å². The normalized spacial score (nSPS) is 14.4. The Hall–Kier alpha value is -0.320. The molecule has 0 aromatic rings. The first kappa shape index (κ1) is 16.7. The van der Waals surface area contributed by atoms with Crippen LogP contribution in [-0.4, -0.2) is 31.3 Å². The largest absolute Gasteiger partial charge is 0.464 e. The van der Waals surface area contributed by atoms with Crippen LogP contribution in [0.15, 0.2) is 0 Å². The van der Waals surface area contributed by atoms with Crippen molar-refractivity contribution in [2.45, 2.75) is 58.6 Å². The first-order valence-corrected chi connectivity index (χ1v) is 6.69. The van der Waals surface area contributed by atoms with Crippen molar-refractivity contribution in [2.75, 3.05) is 13.2 Å². The van der Waals surface area contributed by atoms with Crippen molar-refractivity contribution < 1.29 is 14.3 Å². The molecule has 0 saturated carbocycles. The van der Waals surface area contributed by atoms with E-state index in [-0.39, 0.29) is 12.1 Å². The second kappa shape index (κ2) is 10.8. The molecule has 0 aromatic heterocycles. The van der Waals surface area contributed by atoms with Crippen molar-refractivity contribution in [3.63, 3.8) is 0 Å². The topological polar surface area (TPSA) is 47.6 Å². The first-order valence-electron chi connectivity index (χ1n) is 6.31. The average Bonchev–Trinajstić information content (AvgIpc) is 2.30. The molecule has 0 radical (unpaired) electrons. The average molecular weight is 266 g/mol. The van der Waals surface area contributed by atoms with Gasteiger partial charge in [0, 0.05) is 6.61 Å². The minimum atomic E-state index is -0.606. The second-order valence-corrected chi connectivity index (χ2v) is 4.26. The summed E-state index contributed by atoms with van der Waals surface area (Å²) in [7, 11) is 0. The van der Waals surface area contributed by atoms with Crippen LogP contribution in [-0.2, 0) is 14.3 Å². The minimum absolute atomic E-state index is 0.284. The van der Waals surface area contributed by atoms with Crippen LogP contribution in [0.2, 0.25) is 0 Å². The SMILES string of the molecule is CCCCOC(=O)[C@@H](NCl)[C@@H](C)OCCCC. The van der Waals surface area contributed by atoms with E-state index in [1.54, 1.807) is 0 Å². The number of carbonyl (C=O) groups is 1. The van der Waals surface area contributed by atoms with E-state index in [4.69, 9.17) is 21.3 Å². The monoisotopic (exact) mass is 265 g/mol. The van der Waals surface area contributed by atoms with Gasteiger partial charge in [0.05, 0.1) is 12.7 Å². The molecule has 0 aliphatic carbocycles. The Morgan fingerprint density at radius 1 is 1.24 bits per heavy atom. The Morgan fingerprint density at radius 2 is 1.82 bits per heavy atom. The molecule has 1 N–H and O–H groups in total. The highest BCUT2D eigenvalue weighted by Gasteiger charge is 2.26. The van der Waals surface area contributed by atoms with Crippen molar-refractivity contribution in [3.05, 3.63) is 0 Å². The summed E-state index contributed by atoms with van der Waals surface area (Å²) in [5, 5.41) is 0. The maximum absolute atomic E-state index is 11.7. The fourth-order valence-corrected chi connectivity index (χ4v) is 1.51. The Morgan fingerprint density at radius 3 is 2.35 bits per heavy atom. The van der Waals surface area contributed by atoms with Gasteiger partial charge in [0.15, 0.2) is 0 Å². The van der Waals surface area contributed by atoms with Crippen LogP contribution in [0.1, 0.15) is 46.5 Å². The molecule has 0 spiro atoms. The minimum Gasteiger partial charge on any atom is -0.464 e. The molecule has 0 aromatic carbocycles. The predicted molar refractivity (Wildman–Crippen MR) is 69.0 cm³/mol. The molecule has 4 nitrogen and oxygen atoms in total. The standard InChI is InChI=1S/C12H24ClNO3/c1-4-6-8-16-10(3)11(14-13)12(15)17-9-7-5-2/h10-11,14H,4-9H2,1-3H3/t10-,11+/m1/s1. The molecule has 0 saturated heterocycles. The van der Waals surface area contributed by atoms with Crippen LogP contribution >= 0.6 is 11.8 Å². The molecule has 102 valence electrons. The fourth-order valence-electron chi connectivity index (χ4n) is 1.24. The third-order valence-corrected chi connectivity index (χ3v) is 2.70. The summed E-state index contributed by atoms with van der Waals surface area (Å²) < 4.78 is 10.6. The fraction of sp³-hybridized carbons (Fsp3) is 0.917. The summed E-state index contributed by atoms with van der Waals surface area (Å²) in [6, 6.07) is -0.606. The third-order valence-electron chi connectivity index (χ3n) is 2.46. The predicted octanol–water partition coefficient (Wildman–Crippen LogP) is 2.65. The lowest BCUT2D eigenvalue weighted by Gasteiger charge is -2.21. The van der Waals surface area contributed by atoms with E-state index in [0.717, 1.165) is 25.7 Å². The molecule has 5 heteroatoms. The van der Waals surface area contributed by atoms with E-state index in [1.165, 1.54) is 0 Å². The molecular formula is C12H24ClNO3. The molecule has 0 aliphatic heterocycles. The molecular weight excluding hydrogens is 242 g/mol. The summed E-state index contributed by atoms with van der Waals surface area (Å²) in [5.41, 5.74) is 0. The first-order chi connectivity index (χ1) is 8.17. The number of halogens is 1.